The first-order valence-corrected chi connectivity index (χ1v) is 8.98. The molecule has 0 saturated carbocycles. The number of fused-ring (bicyclic) bond motifs is 1. The van der Waals surface area contributed by atoms with Crippen molar-refractivity contribution in [2.75, 3.05) is 25.0 Å². The number of piperazine rings is 1. The topological polar surface area (TPSA) is 90.1 Å². The fraction of sp³-hybridized carbons (Fsp3) is 0.250. The van der Waals surface area contributed by atoms with E-state index in [-0.39, 0.29) is 17.9 Å². The lowest BCUT2D eigenvalue weighted by Crippen LogP contribution is -2.52. The molecule has 1 unspecified atom stereocenters. The predicted molar refractivity (Wildman–Crippen MR) is 104 cm³/mol. The van der Waals surface area contributed by atoms with Gasteiger partial charge in [-0.05, 0) is 43.3 Å². The number of hydrogen-bond acceptors (Lipinski definition) is 4. The Bertz CT molecular complexity index is 997. The maximum atomic E-state index is 12.8. The van der Waals surface area contributed by atoms with Crippen LogP contribution in [0.15, 0.2) is 48.8 Å². The highest BCUT2D eigenvalue weighted by molar-refractivity contribution is 6.06. The van der Waals surface area contributed by atoms with E-state index in [9.17, 15) is 9.59 Å². The van der Waals surface area contributed by atoms with Gasteiger partial charge in [0.05, 0.1) is 17.4 Å². The number of hydrogen-bond donors (Lipinski definition) is 3. The molecule has 0 radical (unpaired) electrons. The van der Waals surface area contributed by atoms with E-state index >= 15 is 0 Å². The number of nitrogens with zero attached hydrogens (tertiary/aromatic N) is 2. The van der Waals surface area contributed by atoms with Crippen LogP contribution in [0.5, 0.6) is 0 Å². The lowest BCUT2D eigenvalue weighted by molar-refractivity contribution is 0.0655. The molecule has 4 rings (SSSR count). The molecular formula is C20H21N5O2. The minimum Gasteiger partial charge on any atom is -0.345 e. The summed E-state index contributed by atoms with van der Waals surface area (Å²) in [6.07, 6.45) is 1.60. The summed E-state index contributed by atoms with van der Waals surface area (Å²) in [5, 5.41) is 6.15. The third-order valence-electron chi connectivity index (χ3n) is 4.81. The Morgan fingerprint density at radius 1 is 1.19 bits per heavy atom. The van der Waals surface area contributed by atoms with E-state index in [4.69, 9.17) is 0 Å². The largest absolute Gasteiger partial charge is 0.345 e. The summed E-state index contributed by atoms with van der Waals surface area (Å²) in [7, 11) is 0. The molecule has 7 nitrogen and oxygen atoms in total. The second kappa shape index (κ2) is 7.20. The van der Waals surface area contributed by atoms with Crippen LogP contribution in [0.4, 0.5) is 5.69 Å². The van der Waals surface area contributed by atoms with Gasteiger partial charge in [-0.15, -0.1) is 0 Å². The zero-order chi connectivity index (χ0) is 18.8. The van der Waals surface area contributed by atoms with Crippen molar-refractivity contribution in [3.63, 3.8) is 0 Å². The Kier molecular flexibility index (Phi) is 4.60. The van der Waals surface area contributed by atoms with E-state index in [0.29, 0.717) is 23.4 Å². The number of imidazole rings is 1. The predicted octanol–water partition coefficient (Wildman–Crippen LogP) is 2.25. The summed E-state index contributed by atoms with van der Waals surface area (Å²) in [5.41, 5.74) is 3.31. The molecule has 0 spiro atoms. The molecule has 3 aromatic rings. The van der Waals surface area contributed by atoms with Crippen LogP contribution < -0.4 is 10.6 Å². The molecule has 7 heteroatoms. The van der Waals surface area contributed by atoms with Gasteiger partial charge in [-0.2, -0.15) is 0 Å². The van der Waals surface area contributed by atoms with Crippen LogP contribution >= 0.6 is 0 Å². The SMILES string of the molecule is CC1CNCCN1C(=O)c1cccc(NC(=O)c2ccc3nc[nH]c3c2)c1. The molecule has 2 heterocycles. The van der Waals surface area contributed by atoms with Crippen LogP contribution in [0, 0.1) is 0 Å². The summed E-state index contributed by atoms with van der Waals surface area (Å²) in [6, 6.07) is 12.5. The molecule has 1 fully saturated rings. The zero-order valence-corrected chi connectivity index (χ0v) is 15.0. The number of nitrogens with one attached hydrogen (secondary N) is 3. The number of benzene rings is 2. The summed E-state index contributed by atoms with van der Waals surface area (Å²) in [6.45, 7) is 4.29. The maximum absolute atomic E-state index is 12.8. The van der Waals surface area contributed by atoms with Gasteiger partial charge in [0.2, 0.25) is 0 Å². The lowest BCUT2D eigenvalue weighted by Gasteiger charge is -2.34. The fourth-order valence-electron chi connectivity index (χ4n) is 3.32. The third-order valence-corrected chi connectivity index (χ3v) is 4.81. The average Bonchev–Trinajstić information content (AvgIpc) is 3.16. The van der Waals surface area contributed by atoms with E-state index < -0.39 is 0 Å². The van der Waals surface area contributed by atoms with Crippen molar-refractivity contribution in [3.8, 4) is 0 Å². The maximum Gasteiger partial charge on any atom is 0.255 e. The van der Waals surface area contributed by atoms with Crippen LogP contribution in [-0.2, 0) is 0 Å². The summed E-state index contributed by atoms with van der Waals surface area (Å²) in [4.78, 5) is 34.4. The monoisotopic (exact) mass is 363 g/mol. The van der Waals surface area contributed by atoms with Crippen molar-refractivity contribution < 1.29 is 9.59 Å². The normalized spacial score (nSPS) is 17.1. The number of aromatic amines is 1. The smallest absolute Gasteiger partial charge is 0.255 e. The second-order valence-electron chi connectivity index (χ2n) is 6.72. The molecule has 3 N–H and O–H groups in total. The summed E-state index contributed by atoms with van der Waals surface area (Å²) < 4.78 is 0. The number of anilines is 1. The van der Waals surface area contributed by atoms with Crippen molar-refractivity contribution in [2.24, 2.45) is 0 Å². The zero-order valence-electron chi connectivity index (χ0n) is 15.0. The Labute approximate surface area is 156 Å². The minimum absolute atomic E-state index is 0.0148. The lowest BCUT2D eigenvalue weighted by atomic mass is 10.1. The number of carbonyl (C=O) groups excluding carboxylic acids is 2. The molecule has 2 amide bonds. The highest BCUT2D eigenvalue weighted by Crippen LogP contribution is 2.17. The number of rotatable bonds is 3. The van der Waals surface area contributed by atoms with Crippen molar-refractivity contribution in [2.45, 2.75) is 13.0 Å². The Morgan fingerprint density at radius 2 is 2.07 bits per heavy atom. The van der Waals surface area contributed by atoms with Crippen molar-refractivity contribution in [1.82, 2.24) is 20.2 Å². The average molecular weight is 363 g/mol. The Morgan fingerprint density at radius 3 is 2.93 bits per heavy atom. The molecule has 2 aromatic carbocycles. The number of aromatic nitrogens is 2. The van der Waals surface area contributed by atoms with E-state index in [1.807, 2.05) is 11.8 Å². The van der Waals surface area contributed by atoms with Gasteiger partial charge in [-0.3, -0.25) is 9.59 Å². The molecule has 1 aliphatic rings. The Balaban J connectivity index is 1.51. The van der Waals surface area contributed by atoms with Gasteiger partial charge >= 0.3 is 0 Å². The van der Waals surface area contributed by atoms with Gasteiger partial charge in [0.25, 0.3) is 11.8 Å². The fourth-order valence-corrected chi connectivity index (χ4v) is 3.32. The molecule has 138 valence electrons. The molecule has 0 bridgehead atoms. The number of H-pyrrole nitrogens is 1. The number of amides is 2. The molecular weight excluding hydrogens is 342 g/mol. The first-order chi connectivity index (χ1) is 13.1. The van der Waals surface area contributed by atoms with Crippen LogP contribution in [0.2, 0.25) is 0 Å². The van der Waals surface area contributed by atoms with Crippen LogP contribution in [0.25, 0.3) is 11.0 Å². The van der Waals surface area contributed by atoms with Gasteiger partial charge in [0.15, 0.2) is 0 Å². The summed E-state index contributed by atoms with van der Waals surface area (Å²) >= 11 is 0. The number of carbonyl (C=O) groups is 2. The molecule has 0 aliphatic carbocycles. The van der Waals surface area contributed by atoms with Crippen molar-refractivity contribution in [3.05, 3.63) is 59.9 Å². The van der Waals surface area contributed by atoms with E-state index in [1.165, 1.54) is 0 Å². The highest BCUT2D eigenvalue weighted by atomic mass is 16.2. The first-order valence-electron chi connectivity index (χ1n) is 8.98. The molecule has 1 aliphatic heterocycles. The second-order valence-corrected chi connectivity index (χ2v) is 6.72. The van der Waals surface area contributed by atoms with Gasteiger partial charge in [-0.1, -0.05) is 6.07 Å². The van der Waals surface area contributed by atoms with Crippen LogP contribution in [0.1, 0.15) is 27.6 Å². The van der Waals surface area contributed by atoms with Gasteiger partial charge in [0, 0.05) is 42.5 Å². The van der Waals surface area contributed by atoms with Gasteiger partial charge in [-0.25, -0.2) is 4.98 Å². The van der Waals surface area contributed by atoms with Crippen molar-refractivity contribution >= 4 is 28.5 Å². The van der Waals surface area contributed by atoms with E-state index in [2.05, 4.69) is 20.6 Å². The van der Waals surface area contributed by atoms with Crippen molar-refractivity contribution in [1.29, 1.82) is 0 Å². The molecule has 1 saturated heterocycles. The molecule has 27 heavy (non-hydrogen) atoms. The van der Waals surface area contributed by atoms with Crippen LogP contribution in [0.3, 0.4) is 0 Å². The van der Waals surface area contributed by atoms with Crippen LogP contribution in [-0.4, -0.2) is 52.4 Å². The Hall–Kier alpha value is -3.19. The van der Waals surface area contributed by atoms with Gasteiger partial charge in [0.1, 0.15) is 0 Å². The summed E-state index contributed by atoms with van der Waals surface area (Å²) in [5.74, 6) is -0.245. The highest BCUT2D eigenvalue weighted by Gasteiger charge is 2.24. The standard InChI is InChI=1S/C20H21N5O2/c1-13-11-21-7-8-25(13)20(27)15-3-2-4-16(9-15)24-19(26)14-5-6-17-18(10-14)23-12-22-17/h2-6,9-10,12-13,21H,7-8,11H2,1H3,(H,22,23)(H,24,26). The molecule has 1 atom stereocenters. The third kappa shape index (κ3) is 3.54. The minimum atomic E-state index is -0.230. The van der Waals surface area contributed by atoms with Gasteiger partial charge < -0.3 is 20.5 Å². The van der Waals surface area contributed by atoms with E-state index in [1.54, 1.807) is 48.8 Å². The quantitative estimate of drug-likeness (QED) is 0.666. The first kappa shape index (κ1) is 17.2. The van der Waals surface area contributed by atoms with E-state index in [0.717, 1.165) is 24.1 Å². The molecule has 1 aromatic heterocycles.